The Morgan fingerprint density at radius 3 is 2.94 bits per heavy atom. The van der Waals surface area contributed by atoms with Crippen molar-refractivity contribution in [1.29, 1.82) is 0 Å². The van der Waals surface area contributed by atoms with Crippen molar-refractivity contribution in [2.45, 2.75) is 50.3 Å². The van der Waals surface area contributed by atoms with E-state index in [1.807, 2.05) is 6.07 Å². The standard InChI is InChI=1S/C15H20FNO/c1-18-11-6-5-10(9-11)17-15-8-7-12-13(15)3-2-4-14(12)16/h2-4,10-11,15,17H,5-9H2,1H3. The van der Waals surface area contributed by atoms with Gasteiger partial charge in [-0.25, -0.2) is 4.39 Å². The molecule has 0 aromatic heterocycles. The Kier molecular flexibility index (Phi) is 3.35. The molecule has 18 heavy (non-hydrogen) atoms. The van der Waals surface area contributed by atoms with Gasteiger partial charge in [-0.3, -0.25) is 0 Å². The van der Waals surface area contributed by atoms with Crippen molar-refractivity contribution in [2.75, 3.05) is 7.11 Å². The van der Waals surface area contributed by atoms with E-state index >= 15 is 0 Å². The van der Waals surface area contributed by atoms with Crippen molar-refractivity contribution in [3.8, 4) is 0 Å². The van der Waals surface area contributed by atoms with Crippen molar-refractivity contribution in [3.63, 3.8) is 0 Å². The molecular weight excluding hydrogens is 229 g/mol. The third-order valence-corrected chi connectivity index (χ3v) is 4.37. The maximum atomic E-state index is 13.6. The zero-order valence-electron chi connectivity index (χ0n) is 10.8. The summed E-state index contributed by atoms with van der Waals surface area (Å²) >= 11 is 0. The number of benzene rings is 1. The minimum absolute atomic E-state index is 0.0435. The quantitative estimate of drug-likeness (QED) is 0.889. The molecule has 2 nitrogen and oxygen atoms in total. The van der Waals surface area contributed by atoms with Crippen LogP contribution in [0.2, 0.25) is 0 Å². The molecule has 0 bridgehead atoms. The molecule has 1 fully saturated rings. The predicted octanol–water partition coefficient (Wildman–Crippen LogP) is 2.97. The van der Waals surface area contributed by atoms with Gasteiger partial charge in [-0.1, -0.05) is 12.1 Å². The highest BCUT2D eigenvalue weighted by atomic mass is 19.1. The number of rotatable bonds is 3. The van der Waals surface area contributed by atoms with Gasteiger partial charge in [0.1, 0.15) is 5.82 Å². The van der Waals surface area contributed by atoms with Crippen LogP contribution in [0.3, 0.4) is 0 Å². The average molecular weight is 249 g/mol. The van der Waals surface area contributed by atoms with Crippen LogP contribution in [0.1, 0.15) is 42.9 Å². The summed E-state index contributed by atoms with van der Waals surface area (Å²) in [5.74, 6) is -0.0435. The summed E-state index contributed by atoms with van der Waals surface area (Å²) in [5.41, 5.74) is 2.08. The van der Waals surface area contributed by atoms with Gasteiger partial charge in [-0.2, -0.15) is 0 Å². The maximum Gasteiger partial charge on any atom is 0.126 e. The van der Waals surface area contributed by atoms with Crippen molar-refractivity contribution in [1.82, 2.24) is 5.32 Å². The summed E-state index contributed by atoms with van der Waals surface area (Å²) in [6.45, 7) is 0. The molecule has 3 unspecified atom stereocenters. The van der Waals surface area contributed by atoms with E-state index in [9.17, 15) is 4.39 Å². The minimum atomic E-state index is -0.0435. The monoisotopic (exact) mass is 249 g/mol. The number of nitrogens with one attached hydrogen (secondary N) is 1. The van der Waals surface area contributed by atoms with E-state index in [2.05, 4.69) is 11.4 Å². The number of ether oxygens (including phenoxy) is 1. The van der Waals surface area contributed by atoms with Crippen LogP contribution in [0.15, 0.2) is 18.2 Å². The second kappa shape index (κ2) is 4.98. The molecule has 1 aromatic rings. The van der Waals surface area contributed by atoms with Crippen LogP contribution >= 0.6 is 0 Å². The van der Waals surface area contributed by atoms with Gasteiger partial charge in [0.05, 0.1) is 6.10 Å². The van der Waals surface area contributed by atoms with Crippen LogP contribution in [0.25, 0.3) is 0 Å². The molecule has 1 N–H and O–H groups in total. The van der Waals surface area contributed by atoms with Gasteiger partial charge in [0.2, 0.25) is 0 Å². The summed E-state index contributed by atoms with van der Waals surface area (Å²) in [4.78, 5) is 0. The largest absolute Gasteiger partial charge is 0.381 e. The Labute approximate surface area is 108 Å². The molecule has 0 aliphatic heterocycles. The first-order valence-corrected chi connectivity index (χ1v) is 6.84. The first-order chi connectivity index (χ1) is 8.78. The van der Waals surface area contributed by atoms with Crippen LogP contribution in [0.5, 0.6) is 0 Å². The lowest BCUT2D eigenvalue weighted by Crippen LogP contribution is -2.30. The van der Waals surface area contributed by atoms with Gasteiger partial charge in [-0.05, 0) is 49.3 Å². The van der Waals surface area contributed by atoms with Crippen LogP contribution in [-0.4, -0.2) is 19.3 Å². The van der Waals surface area contributed by atoms with E-state index < -0.39 is 0 Å². The summed E-state index contributed by atoms with van der Waals surface area (Å²) < 4.78 is 19.0. The topological polar surface area (TPSA) is 21.3 Å². The number of hydrogen-bond donors (Lipinski definition) is 1. The second-order valence-electron chi connectivity index (χ2n) is 5.43. The zero-order valence-corrected chi connectivity index (χ0v) is 10.8. The SMILES string of the molecule is COC1CCC(NC2CCc3c(F)cccc32)C1. The minimum Gasteiger partial charge on any atom is -0.381 e. The van der Waals surface area contributed by atoms with E-state index in [4.69, 9.17) is 4.74 Å². The summed E-state index contributed by atoms with van der Waals surface area (Å²) in [7, 11) is 1.79. The number of hydrogen-bond acceptors (Lipinski definition) is 2. The summed E-state index contributed by atoms with van der Waals surface area (Å²) in [5, 5.41) is 3.68. The molecule has 2 aliphatic carbocycles. The van der Waals surface area contributed by atoms with E-state index in [-0.39, 0.29) is 5.82 Å². The molecule has 0 radical (unpaired) electrons. The molecule has 2 aliphatic rings. The zero-order chi connectivity index (χ0) is 12.5. The van der Waals surface area contributed by atoms with Gasteiger partial charge in [-0.15, -0.1) is 0 Å². The van der Waals surface area contributed by atoms with E-state index in [0.29, 0.717) is 18.2 Å². The molecule has 0 amide bonds. The Hall–Kier alpha value is -0.930. The lowest BCUT2D eigenvalue weighted by Gasteiger charge is -2.20. The van der Waals surface area contributed by atoms with Gasteiger partial charge in [0, 0.05) is 19.2 Å². The Balaban J connectivity index is 1.68. The van der Waals surface area contributed by atoms with Crippen LogP contribution < -0.4 is 5.32 Å². The smallest absolute Gasteiger partial charge is 0.126 e. The molecule has 0 saturated heterocycles. The van der Waals surface area contributed by atoms with Crippen LogP contribution in [0.4, 0.5) is 4.39 Å². The molecule has 0 heterocycles. The Bertz CT molecular complexity index is 435. The first-order valence-electron chi connectivity index (χ1n) is 6.84. The van der Waals surface area contributed by atoms with Crippen molar-refractivity contribution in [2.24, 2.45) is 0 Å². The lowest BCUT2D eigenvalue weighted by molar-refractivity contribution is 0.106. The second-order valence-corrected chi connectivity index (χ2v) is 5.43. The molecule has 1 aromatic carbocycles. The van der Waals surface area contributed by atoms with Gasteiger partial charge in [0.15, 0.2) is 0 Å². The number of halogens is 1. The number of fused-ring (bicyclic) bond motifs is 1. The highest BCUT2D eigenvalue weighted by Gasteiger charge is 2.30. The number of methoxy groups -OCH3 is 1. The van der Waals surface area contributed by atoms with Gasteiger partial charge < -0.3 is 10.1 Å². The van der Waals surface area contributed by atoms with E-state index in [0.717, 1.165) is 36.8 Å². The Morgan fingerprint density at radius 1 is 1.28 bits per heavy atom. The van der Waals surface area contributed by atoms with Crippen molar-refractivity contribution < 1.29 is 9.13 Å². The highest BCUT2D eigenvalue weighted by Crippen LogP contribution is 2.34. The lowest BCUT2D eigenvalue weighted by atomic mass is 10.1. The van der Waals surface area contributed by atoms with Crippen LogP contribution in [0, 0.1) is 5.82 Å². The average Bonchev–Trinajstić information content (AvgIpc) is 2.98. The first kappa shape index (κ1) is 12.1. The molecule has 1 saturated carbocycles. The highest BCUT2D eigenvalue weighted by molar-refractivity contribution is 5.35. The fourth-order valence-corrected chi connectivity index (χ4v) is 3.37. The Morgan fingerprint density at radius 2 is 2.17 bits per heavy atom. The van der Waals surface area contributed by atoms with Gasteiger partial charge >= 0.3 is 0 Å². The molecule has 0 spiro atoms. The summed E-state index contributed by atoms with van der Waals surface area (Å²) in [6.07, 6.45) is 5.66. The van der Waals surface area contributed by atoms with Gasteiger partial charge in [0.25, 0.3) is 0 Å². The molecule has 3 heteroatoms. The molecule has 3 rings (SSSR count). The third-order valence-electron chi connectivity index (χ3n) is 4.37. The fraction of sp³-hybridized carbons (Fsp3) is 0.600. The van der Waals surface area contributed by atoms with Crippen molar-refractivity contribution >= 4 is 0 Å². The third kappa shape index (κ3) is 2.17. The molecule has 98 valence electrons. The molecule has 3 atom stereocenters. The summed E-state index contributed by atoms with van der Waals surface area (Å²) in [6, 6.07) is 6.30. The van der Waals surface area contributed by atoms with E-state index in [1.54, 1.807) is 13.2 Å². The predicted molar refractivity (Wildman–Crippen MR) is 69.0 cm³/mol. The van der Waals surface area contributed by atoms with Crippen molar-refractivity contribution in [3.05, 3.63) is 35.1 Å². The molecular formula is C15H20FNO. The fourth-order valence-electron chi connectivity index (χ4n) is 3.37. The van der Waals surface area contributed by atoms with E-state index in [1.165, 1.54) is 6.42 Å². The maximum absolute atomic E-state index is 13.6. The van der Waals surface area contributed by atoms with Crippen LogP contribution in [-0.2, 0) is 11.2 Å². The normalized spacial score (nSPS) is 30.7.